The molecule has 2 heterocycles. The highest BCUT2D eigenvalue weighted by atomic mass is 32.1. The molecule has 3 aromatic rings. The van der Waals surface area contributed by atoms with Crippen molar-refractivity contribution in [1.29, 1.82) is 0 Å². The lowest BCUT2D eigenvalue weighted by Crippen LogP contribution is -2.26. The zero-order valence-corrected chi connectivity index (χ0v) is 13.1. The molecule has 1 unspecified atom stereocenters. The number of carbonyl (C=O) groups is 1. The lowest BCUT2D eigenvalue weighted by molar-refractivity contribution is 0.0935. The second-order valence-electron chi connectivity index (χ2n) is 4.62. The fraction of sp³-hybridized carbons (Fsp3) is 0.125. The van der Waals surface area contributed by atoms with E-state index in [2.05, 4.69) is 10.3 Å². The first-order chi connectivity index (χ1) is 10.2. The van der Waals surface area contributed by atoms with Gasteiger partial charge >= 0.3 is 0 Å². The van der Waals surface area contributed by atoms with Gasteiger partial charge in [0.05, 0.1) is 10.9 Å². The molecule has 1 amide bonds. The first-order valence-corrected chi connectivity index (χ1v) is 8.35. The summed E-state index contributed by atoms with van der Waals surface area (Å²) in [6.45, 7) is 1.97. The molecular formula is C16H14N2OS2. The molecule has 21 heavy (non-hydrogen) atoms. The standard InChI is InChI=1S/C16H14N2OS2/c1-11(12-6-3-2-4-7-12)17-15(19)13-10-21-16(18-13)14-8-5-9-20-14/h2-11H,1H3,(H,17,19). The van der Waals surface area contributed by atoms with Crippen LogP contribution in [0.2, 0.25) is 0 Å². The minimum atomic E-state index is -0.134. The molecule has 106 valence electrons. The number of benzene rings is 1. The smallest absolute Gasteiger partial charge is 0.271 e. The third kappa shape index (κ3) is 3.20. The Balaban J connectivity index is 1.71. The Bertz CT molecular complexity index is 720. The van der Waals surface area contributed by atoms with Gasteiger partial charge in [-0.2, -0.15) is 0 Å². The van der Waals surface area contributed by atoms with Crippen molar-refractivity contribution in [2.24, 2.45) is 0 Å². The van der Waals surface area contributed by atoms with Crippen molar-refractivity contribution in [3.63, 3.8) is 0 Å². The van der Waals surface area contributed by atoms with Gasteiger partial charge in [-0.05, 0) is 23.9 Å². The Morgan fingerprint density at radius 1 is 1.14 bits per heavy atom. The summed E-state index contributed by atoms with van der Waals surface area (Å²) in [6, 6.07) is 13.9. The van der Waals surface area contributed by atoms with Crippen molar-refractivity contribution in [2.45, 2.75) is 13.0 Å². The second kappa shape index (κ2) is 6.20. The van der Waals surface area contributed by atoms with E-state index < -0.39 is 0 Å². The van der Waals surface area contributed by atoms with Gasteiger partial charge in [-0.25, -0.2) is 4.98 Å². The largest absolute Gasteiger partial charge is 0.344 e. The average Bonchev–Trinajstić information content (AvgIpc) is 3.19. The quantitative estimate of drug-likeness (QED) is 0.777. The zero-order valence-electron chi connectivity index (χ0n) is 11.4. The number of thiazole rings is 1. The third-order valence-corrected chi connectivity index (χ3v) is 5.00. The summed E-state index contributed by atoms with van der Waals surface area (Å²) >= 11 is 3.13. The molecule has 0 aliphatic carbocycles. The minimum absolute atomic E-state index is 0.0365. The van der Waals surface area contributed by atoms with Crippen LogP contribution in [0.3, 0.4) is 0 Å². The zero-order chi connectivity index (χ0) is 14.7. The molecule has 1 atom stereocenters. The monoisotopic (exact) mass is 314 g/mol. The van der Waals surface area contributed by atoms with Gasteiger partial charge in [-0.1, -0.05) is 36.4 Å². The highest BCUT2D eigenvalue weighted by molar-refractivity contribution is 7.20. The number of thiophene rings is 1. The maximum atomic E-state index is 12.2. The summed E-state index contributed by atoms with van der Waals surface area (Å²) in [4.78, 5) is 17.8. The van der Waals surface area contributed by atoms with E-state index >= 15 is 0 Å². The summed E-state index contributed by atoms with van der Waals surface area (Å²) in [5.41, 5.74) is 1.56. The molecule has 0 aliphatic rings. The highest BCUT2D eigenvalue weighted by Gasteiger charge is 2.15. The molecule has 0 saturated heterocycles. The lowest BCUT2D eigenvalue weighted by Gasteiger charge is -2.13. The lowest BCUT2D eigenvalue weighted by atomic mass is 10.1. The van der Waals surface area contributed by atoms with E-state index in [9.17, 15) is 4.79 Å². The molecule has 1 N–H and O–H groups in total. The predicted octanol–water partition coefficient (Wildman–Crippen LogP) is 4.36. The fourth-order valence-electron chi connectivity index (χ4n) is 1.99. The van der Waals surface area contributed by atoms with Crippen LogP contribution in [-0.2, 0) is 0 Å². The molecule has 3 nitrogen and oxygen atoms in total. The van der Waals surface area contributed by atoms with Gasteiger partial charge in [0, 0.05) is 5.38 Å². The number of aromatic nitrogens is 1. The van der Waals surface area contributed by atoms with Crippen LogP contribution in [0.15, 0.2) is 53.2 Å². The predicted molar refractivity (Wildman–Crippen MR) is 87.8 cm³/mol. The van der Waals surface area contributed by atoms with Crippen molar-refractivity contribution in [1.82, 2.24) is 10.3 Å². The number of amides is 1. The van der Waals surface area contributed by atoms with Crippen LogP contribution in [0.1, 0.15) is 29.0 Å². The molecule has 0 radical (unpaired) electrons. The number of carbonyl (C=O) groups excluding carboxylic acids is 1. The van der Waals surface area contributed by atoms with Gasteiger partial charge in [0.1, 0.15) is 10.7 Å². The Labute approximate surface area is 131 Å². The Hall–Kier alpha value is -1.98. The number of rotatable bonds is 4. The molecule has 0 aliphatic heterocycles. The molecule has 5 heteroatoms. The summed E-state index contributed by atoms with van der Waals surface area (Å²) in [5.74, 6) is -0.134. The highest BCUT2D eigenvalue weighted by Crippen LogP contribution is 2.27. The van der Waals surface area contributed by atoms with Crippen LogP contribution in [0, 0.1) is 0 Å². The van der Waals surface area contributed by atoms with Gasteiger partial charge in [0.15, 0.2) is 0 Å². The van der Waals surface area contributed by atoms with Crippen LogP contribution in [-0.4, -0.2) is 10.9 Å². The van der Waals surface area contributed by atoms with E-state index in [1.165, 1.54) is 11.3 Å². The van der Waals surface area contributed by atoms with Crippen LogP contribution < -0.4 is 5.32 Å². The van der Waals surface area contributed by atoms with Crippen molar-refractivity contribution in [3.05, 3.63) is 64.5 Å². The Morgan fingerprint density at radius 3 is 2.67 bits per heavy atom. The van der Waals surface area contributed by atoms with E-state index in [1.54, 1.807) is 11.3 Å². The molecule has 0 bridgehead atoms. The van der Waals surface area contributed by atoms with Gasteiger partial charge in [0.25, 0.3) is 5.91 Å². The van der Waals surface area contributed by atoms with Crippen molar-refractivity contribution in [3.8, 4) is 9.88 Å². The van der Waals surface area contributed by atoms with Crippen molar-refractivity contribution >= 4 is 28.6 Å². The van der Waals surface area contributed by atoms with Crippen LogP contribution in [0.4, 0.5) is 0 Å². The first kappa shape index (κ1) is 14.0. The van der Waals surface area contributed by atoms with E-state index in [-0.39, 0.29) is 11.9 Å². The summed E-state index contributed by atoms with van der Waals surface area (Å²) < 4.78 is 0. The van der Waals surface area contributed by atoms with E-state index in [4.69, 9.17) is 0 Å². The van der Waals surface area contributed by atoms with Crippen LogP contribution >= 0.6 is 22.7 Å². The average molecular weight is 314 g/mol. The number of nitrogens with one attached hydrogen (secondary N) is 1. The maximum absolute atomic E-state index is 12.2. The Morgan fingerprint density at radius 2 is 1.95 bits per heavy atom. The molecule has 0 spiro atoms. The summed E-state index contributed by atoms with van der Waals surface area (Å²) in [5, 5.41) is 7.69. The summed E-state index contributed by atoms with van der Waals surface area (Å²) in [6.07, 6.45) is 0. The first-order valence-electron chi connectivity index (χ1n) is 6.59. The van der Waals surface area contributed by atoms with Gasteiger partial charge in [0.2, 0.25) is 0 Å². The normalized spacial score (nSPS) is 12.0. The van der Waals surface area contributed by atoms with Gasteiger partial charge < -0.3 is 5.32 Å². The minimum Gasteiger partial charge on any atom is -0.344 e. The van der Waals surface area contributed by atoms with Crippen LogP contribution in [0.5, 0.6) is 0 Å². The molecule has 1 aromatic carbocycles. The molecule has 3 rings (SSSR count). The van der Waals surface area contributed by atoms with Gasteiger partial charge in [-0.3, -0.25) is 4.79 Å². The molecule has 0 saturated carbocycles. The SMILES string of the molecule is CC(NC(=O)c1csc(-c2cccs2)n1)c1ccccc1. The van der Waals surface area contributed by atoms with E-state index in [1.807, 2.05) is 60.1 Å². The number of hydrogen-bond donors (Lipinski definition) is 1. The third-order valence-electron chi connectivity index (χ3n) is 3.12. The molecular weight excluding hydrogens is 300 g/mol. The van der Waals surface area contributed by atoms with E-state index in [0.717, 1.165) is 15.4 Å². The molecule has 2 aromatic heterocycles. The Kier molecular flexibility index (Phi) is 4.13. The molecule has 0 fully saturated rings. The number of nitrogens with zero attached hydrogens (tertiary/aromatic N) is 1. The maximum Gasteiger partial charge on any atom is 0.271 e. The second-order valence-corrected chi connectivity index (χ2v) is 6.43. The van der Waals surface area contributed by atoms with Crippen molar-refractivity contribution in [2.75, 3.05) is 0 Å². The van der Waals surface area contributed by atoms with Crippen LogP contribution in [0.25, 0.3) is 9.88 Å². The number of hydrogen-bond acceptors (Lipinski definition) is 4. The topological polar surface area (TPSA) is 42.0 Å². The van der Waals surface area contributed by atoms with Crippen molar-refractivity contribution < 1.29 is 4.79 Å². The fourth-order valence-corrected chi connectivity index (χ4v) is 3.60. The summed E-state index contributed by atoms with van der Waals surface area (Å²) in [7, 11) is 0. The van der Waals surface area contributed by atoms with Gasteiger partial charge in [-0.15, -0.1) is 22.7 Å². The van der Waals surface area contributed by atoms with E-state index in [0.29, 0.717) is 5.69 Å².